The predicted octanol–water partition coefficient (Wildman–Crippen LogP) is 2.94. The van der Waals surface area contributed by atoms with Gasteiger partial charge in [0.1, 0.15) is 5.75 Å². The zero-order valence-electron chi connectivity index (χ0n) is 24.6. The lowest BCUT2D eigenvalue weighted by Gasteiger charge is -2.31. The van der Waals surface area contributed by atoms with Crippen molar-refractivity contribution in [2.24, 2.45) is 0 Å². The summed E-state index contributed by atoms with van der Waals surface area (Å²) < 4.78 is 15.4. The molecule has 1 amide bonds. The Morgan fingerprint density at radius 2 is 1.63 bits per heavy atom. The van der Waals surface area contributed by atoms with Crippen molar-refractivity contribution >= 4 is 30.1 Å². The smallest absolute Gasteiger partial charge is 0.493 e. The standard InChI is InChI=1S/C19H26N4O2.C10H13BO5/c1-6-25-18-17(15-11-21-9-8-16(15)20)14(7-10-22-18)19(24)23(12(2)3)13(4)5;1-3-16-8-6-4-5-7(10(12)15-2)9(8)11(13)14/h7-13H,6H2,1-5H3,(H2,20,21);4-6,13-14H,3H2,1-2H3. The average Bonchev–Trinajstić information content (AvgIpc) is 2.93. The third-order valence-corrected chi connectivity index (χ3v) is 5.93. The van der Waals surface area contributed by atoms with Crippen molar-refractivity contribution in [1.29, 1.82) is 0 Å². The summed E-state index contributed by atoms with van der Waals surface area (Å²) in [5.41, 5.74) is 8.52. The number of carbonyl (C=O) groups is 2. The Balaban J connectivity index is 0.000000317. The van der Waals surface area contributed by atoms with Crippen LogP contribution in [0.15, 0.2) is 48.9 Å². The fraction of sp³-hybridized carbons (Fsp3) is 0.379. The van der Waals surface area contributed by atoms with Crippen LogP contribution in [-0.2, 0) is 4.74 Å². The van der Waals surface area contributed by atoms with E-state index in [2.05, 4.69) is 14.7 Å². The van der Waals surface area contributed by atoms with Crippen molar-refractivity contribution in [2.45, 2.75) is 53.6 Å². The molecule has 3 aromatic rings. The number of nitrogen functional groups attached to an aromatic ring is 1. The molecule has 11 nitrogen and oxygen atoms in total. The first-order valence-corrected chi connectivity index (χ1v) is 13.3. The predicted molar refractivity (Wildman–Crippen MR) is 158 cm³/mol. The maximum Gasteiger partial charge on any atom is 0.493 e. The lowest BCUT2D eigenvalue weighted by molar-refractivity contribution is 0.0599. The molecule has 4 N–H and O–H groups in total. The van der Waals surface area contributed by atoms with E-state index in [1.807, 2.05) is 39.5 Å². The number of aromatic nitrogens is 2. The second-order valence-corrected chi connectivity index (χ2v) is 9.35. The molecule has 0 unspecified atom stereocenters. The largest absolute Gasteiger partial charge is 0.494 e. The molecule has 41 heavy (non-hydrogen) atoms. The zero-order valence-corrected chi connectivity index (χ0v) is 24.6. The molecule has 2 aromatic heterocycles. The number of nitrogens with two attached hydrogens (primary N) is 1. The first kappa shape index (κ1) is 33.1. The number of nitrogens with zero attached hydrogens (tertiary/aromatic N) is 3. The van der Waals surface area contributed by atoms with Crippen molar-refractivity contribution < 1.29 is 33.8 Å². The van der Waals surface area contributed by atoms with Gasteiger partial charge in [-0.3, -0.25) is 9.78 Å². The molecule has 0 spiro atoms. The number of ether oxygens (including phenoxy) is 3. The molecule has 1 aromatic carbocycles. The Morgan fingerprint density at radius 3 is 2.17 bits per heavy atom. The van der Waals surface area contributed by atoms with Gasteiger partial charge in [-0.05, 0) is 65.8 Å². The lowest BCUT2D eigenvalue weighted by atomic mass is 9.76. The number of pyridine rings is 2. The van der Waals surface area contributed by atoms with Gasteiger partial charge in [0.25, 0.3) is 5.91 Å². The van der Waals surface area contributed by atoms with E-state index in [1.54, 1.807) is 49.8 Å². The molecule has 2 heterocycles. The number of methoxy groups -OCH3 is 1. The summed E-state index contributed by atoms with van der Waals surface area (Å²) in [7, 11) is -0.555. The fourth-order valence-corrected chi connectivity index (χ4v) is 4.33. The summed E-state index contributed by atoms with van der Waals surface area (Å²) in [6.45, 7) is 12.4. The summed E-state index contributed by atoms with van der Waals surface area (Å²) in [6, 6.07) is 8.14. The molecule has 3 rings (SSSR count). The second kappa shape index (κ2) is 15.6. The van der Waals surface area contributed by atoms with Crippen LogP contribution >= 0.6 is 0 Å². The summed E-state index contributed by atoms with van der Waals surface area (Å²) in [4.78, 5) is 35.0. The van der Waals surface area contributed by atoms with E-state index in [0.717, 1.165) is 0 Å². The van der Waals surface area contributed by atoms with Gasteiger partial charge in [-0.1, -0.05) is 6.07 Å². The van der Waals surface area contributed by atoms with E-state index in [0.29, 0.717) is 41.5 Å². The van der Waals surface area contributed by atoms with Gasteiger partial charge in [0, 0.05) is 47.4 Å². The SMILES string of the molecule is CCOc1cccc(C(=O)OC)c1B(O)O.CCOc1nccc(C(=O)N(C(C)C)C(C)C)c1-c1cnccc1N. The Labute approximate surface area is 241 Å². The zero-order chi connectivity index (χ0) is 30.7. The van der Waals surface area contributed by atoms with E-state index in [9.17, 15) is 19.6 Å². The highest BCUT2D eigenvalue weighted by Crippen LogP contribution is 2.36. The van der Waals surface area contributed by atoms with Crippen LogP contribution in [0.4, 0.5) is 5.69 Å². The van der Waals surface area contributed by atoms with Gasteiger partial charge >= 0.3 is 13.1 Å². The highest BCUT2D eigenvalue weighted by atomic mass is 16.5. The highest BCUT2D eigenvalue weighted by molar-refractivity contribution is 6.61. The van der Waals surface area contributed by atoms with Crippen molar-refractivity contribution in [3.63, 3.8) is 0 Å². The van der Waals surface area contributed by atoms with Crippen LogP contribution in [0.3, 0.4) is 0 Å². The van der Waals surface area contributed by atoms with Crippen LogP contribution in [0.25, 0.3) is 11.1 Å². The molecular formula is C29H39BN4O7. The monoisotopic (exact) mass is 566 g/mol. The van der Waals surface area contributed by atoms with E-state index in [1.165, 1.54) is 13.2 Å². The van der Waals surface area contributed by atoms with Crippen LogP contribution in [0.2, 0.25) is 0 Å². The van der Waals surface area contributed by atoms with E-state index in [4.69, 9.17) is 15.2 Å². The molecule has 0 saturated carbocycles. The summed E-state index contributed by atoms with van der Waals surface area (Å²) in [5, 5.41) is 18.4. The normalized spacial score (nSPS) is 10.5. The van der Waals surface area contributed by atoms with Crippen molar-refractivity contribution in [2.75, 3.05) is 26.1 Å². The van der Waals surface area contributed by atoms with Gasteiger partial charge in [0.2, 0.25) is 5.88 Å². The van der Waals surface area contributed by atoms with Crippen LogP contribution in [0.1, 0.15) is 62.3 Å². The fourth-order valence-electron chi connectivity index (χ4n) is 4.33. The van der Waals surface area contributed by atoms with Gasteiger partial charge in [-0.15, -0.1) is 0 Å². The molecule has 0 bridgehead atoms. The first-order valence-electron chi connectivity index (χ1n) is 13.3. The Hall–Kier alpha value is -4.16. The number of carbonyl (C=O) groups excluding carboxylic acids is 2. The molecule has 0 fully saturated rings. The number of hydrogen-bond acceptors (Lipinski definition) is 10. The van der Waals surface area contributed by atoms with Crippen LogP contribution in [0.5, 0.6) is 11.6 Å². The third kappa shape index (κ3) is 8.18. The van der Waals surface area contributed by atoms with Gasteiger partial charge in [0.05, 0.1) is 37.0 Å². The van der Waals surface area contributed by atoms with Gasteiger partial charge < -0.3 is 34.9 Å². The Kier molecular flexibility index (Phi) is 12.6. The van der Waals surface area contributed by atoms with Gasteiger partial charge in [0.15, 0.2) is 0 Å². The topological polar surface area (TPSA) is 157 Å². The molecule has 0 aliphatic carbocycles. The number of hydrogen-bond donors (Lipinski definition) is 3. The van der Waals surface area contributed by atoms with E-state index >= 15 is 0 Å². The lowest BCUT2D eigenvalue weighted by Crippen LogP contribution is -2.42. The van der Waals surface area contributed by atoms with Crippen LogP contribution in [-0.4, -0.2) is 76.3 Å². The molecule has 220 valence electrons. The number of esters is 1. The van der Waals surface area contributed by atoms with Crippen molar-refractivity contribution in [1.82, 2.24) is 14.9 Å². The number of amides is 1. The minimum Gasteiger partial charge on any atom is -0.494 e. The molecule has 0 atom stereocenters. The first-order chi connectivity index (χ1) is 19.5. The van der Waals surface area contributed by atoms with E-state index < -0.39 is 13.1 Å². The maximum atomic E-state index is 13.3. The number of anilines is 1. The summed E-state index contributed by atoms with van der Waals surface area (Å²) in [6.07, 6.45) is 4.85. The molecular weight excluding hydrogens is 527 g/mol. The van der Waals surface area contributed by atoms with Crippen molar-refractivity contribution in [3.05, 3.63) is 60.0 Å². The van der Waals surface area contributed by atoms with Crippen molar-refractivity contribution in [3.8, 4) is 22.8 Å². The minimum atomic E-state index is -1.78. The van der Waals surface area contributed by atoms with Crippen LogP contribution < -0.4 is 20.7 Å². The van der Waals surface area contributed by atoms with E-state index in [-0.39, 0.29) is 34.8 Å². The summed E-state index contributed by atoms with van der Waals surface area (Å²) in [5.74, 6) is -0.0582. The van der Waals surface area contributed by atoms with Gasteiger partial charge in [-0.2, -0.15) is 0 Å². The molecule has 0 saturated heterocycles. The quantitative estimate of drug-likeness (QED) is 0.246. The highest BCUT2D eigenvalue weighted by Gasteiger charge is 2.28. The summed E-state index contributed by atoms with van der Waals surface area (Å²) >= 11 is 0. The Morgan fingerprint density at radius 1 is 0.976 bits per heavy atom. The number of rotatable bonds is 10. The second-order valence-electron chi connectivity index (χ2n) is 9.35. The molecule has 0 radical (unpaired) electrons. The molecule has 0 aliphatic heterocycles. The van der Waals surface area contributed by atoms with Crippen LogP contribution in [0, 0.1) is 0 Å². The molecule has 0 aliphatic rings. The third-order valence-electron chi connectivity index (χ3n) is 5.93. The van der Waals surface area contributed by atoms with Gasteiger partial charge in [-0.25, -0.2) is 9.78 Å². The molecule has 12 heteroatoms. The maximum absolute atomic E-state index is 13.3. The minimum absolute atomic E-state index is 0.0243. The Bertz CT molecular complexity index is 1310. The number of benzene rings is 1. The average molecular weight is 566 g/mol.